The summed E-state index contributed by atoms with van der Waals surface area (Å²) in [6.07, 6.45) is 4.16. The molecule has 0 spiro atoms. The zero-order chi connectivity index (χ0) is 23.3. The standard InChI is InChI=1S/C23H28N4O4S/c1-5-7-8-12-27(23-25-16(4)20(32-23)22(30)31-6-2)18(28)13-26-14-24-19-15(3)10-9-11-17(19)21(26)29/h9-11,14H,5-8,12-13H2,1-4H3. The number of benzene rings is 1. The molecule has 0 fully saturated rings. The number of ether oxygens (including phenoxy) is 1. The molecule has 0 N–H and O–H groups in total. The van der Waals surface area contributed by atoms with E-state index in [1.54, 1.807) is 30.9 Å². The number of rotatable bonds is 9. The molecule has 0 aliphatic rings. The van der Waals surface area contributed by atoms with Crippen molar-refractivity contribution >= 4 is 39.2 Å². The zero-order valence-corrected chi connectivity index (χ0v) is 19.7. The maximum absolute atomic E-state index is 13.3. The van der Waals surface area contributed by atoms with Gasteiger partial charge in [-0.3, -0.25) is 19.1 Å². The molecule has 32 heavy (non-hydrogen) atoms. The van der Waals surface area contributed by atoms with Crippen LogP contribution in [-0.4, -0.2) is 39.6 Å². The summed E-state index contributed by atoms with van der Waals surface area (Å²) in [5.41, 5.74) is 1.81. The number of hydrogen-bond donors (Lipinski definition) is 0. The van der Waals surface area contributed by atoms with Crippen LogP contribution < -0.4 is 10.5 Å². The SMILES string of the molecule is CCCCCN(C(=O)Cn1cnc2c(C)cccc2c1=O)c1nc(C)c(C(=O)OCC)s1. The summed E-state index contributed by atoms with van der Waals surface area (Å²) in [4.78, 5) is 49.2. The Bertz CT molecular complexity index is 1180. The summed E-state index contributed by atoms with van der Waals surface area (Å²) >= 11 is 1.14. The fraction of sp³-hybridized carbons (Fsp3) is 0.435. The maximum Gasteiger partial charge on any atom is 0.350 e. The molecule has 0 aliphatic heterocycles. The number of fused-ring (bicyclic) bond motifs is 1. The van der Waals surface area contributed by atoms with E-state index in [1.165, 1.54) is 10.9 Å². The predicted molar refractivity (Wildman–Crippen MR) is 125 cm³/mol. The predicted octanol–water partition coefficient (Wildman–Crippen LogP) is 3.87. The third-order valence-corrected chi connectivity index (χ3v) is 6.28. The molecule has 0 radical (unpaired) electrons. The minimum absolute atomic E-state index is 0.158. The van der Waals surface area contributed by atoms with Crippen LogP contribution in [0, 0.1) is 13.8 Å². The van der Waals surface area contributed by atoms with Crippen molar-refractivity contribution in [1.82, 2.24) is 14.5 Å². The lowest BCUT2D eigenvalue weighted by Crippen LogP contribution is -2.37. The van der Waals surface area contributed by atoms with Crippen molar-refractivity contribution in [2.75, 3.05) is 18.1 Å². The van der Waals surface area contributed by atoms with Crippen LogP contribution in [-0.2, 0) is 16.1 Å². The molecule has 1 aromatic carbocycles. The van der Waals surface area contributed by atoms with Crippen LogP contribution in [0.3, 0.4) is 0 Å². The van der Waals surface area contributed by atoms with Gasteiger partial charge in [-0.2, -0.15) is 0 Å². The summed E-state index contributed by atoms with van der Waals surface area (Å²) < 4.78 is 6.42. The van der Waals surface area contributed by atoms with Crippen LogP contribution in [0.4, 0.5) is 5.13 Å². The second kappa shape index (κ2) is 10.5. The van der Waals surface area contributed by atoms with Gasteiger partial charge in [0.15, 0.2) is 5.13 Å². The molecule has 170 valence electrons. The first-order valence-electron chi connectivity index (χ1n) is 10.8. The van der Waals surface area contributed by atoms with Crippen molar-refractivity contribution in [3.05, 3.63) is 51.0 Å². The van der Waals surface area contributed by atoms with Crippen molar-refractivity contribution in [1.29, 1.82) is 0 Å². The number of amides is 1. The monoisotopic (exact) mass is 456 g/mol. The average Bonchev–Trinajstić information content (AvgIpc) is 3.15. The van der Waals surface area contributed by atoms with E-state index in [4.69, 9.17) is 4.74 Å². The number of para-hydroxylation sites is 1. The Labute approximate surface area is 190 Å². The van der Waals surface area contributed by atoms with E-state index in [-0.39, 0.29) is 24.6 Å². The van der Waals surface area contributed by atoms with Crippen LogP contribution in [0.25, 0.3) is 10.9 Å². The van der Waals surface area contributed by atoms with Crippen LogP contribution in [0.1, 0.15) is 54.0 Å². The van der Waals surface area contributed by atoms with E-state index in [1.807, 2.05) is 13.0 Å². The minimum atomic E-state index is -0.444. The molecular weight excluding hydrogens is 428 g/mol. The third kappa shape index (κ3) is 5.04. The molecule has 0 saturated heterocycles. The van der Waals surface area contributed by atoms with Gasteiger partial charge in [-0.25, -0.2) is 14.8 Å². The lowest BCUT2D eigenvalue weighted by atomic mass is 10.1. The third-order valence-electron chi connectivity index (χ3n) is 5.12. The topological polar surface area (TPSA) is 94.4 Å². The van der Waals surface area contributed by atoms with Crippen molar-refractivity contribution in [2.45, 2.75) is 53.5 Å². The molecule has 8 nitrogen and oxygen atoms in total. The zero-order valence-electron chi connectivity index (χ0n) is 18.9. The largest absolute Gasteiger partial charge is 0.462 e. The van der Waals surface area contributed by atoms with E-state index >= 15 is 0 Å². The fourth-order valence-electron chi connectivity index (χ4n) is 3.41. The number of anilines is 1. The Hall–Kier alpha value is -3.07. The van der Waals surface area contributed by atoms with E-state index in [9.17, 15) is 14.4 Å². The fourth-order valence-corrected chi connectivity index (χ4v) is 4.42. The van der Waals surface area contributed by atoms with E-state index in [0.29, 0.717) is 33.2 Å². The molecule has 2 heterocycles. The Morgan fingerprint density at radius 2 is 1.97 bits per heavy atom. The number of carbonyl (C=O) groups excluding carboxylic acids is 2. The highest BCUT2D eigenvalue weighted by Crippen LogP contribution is 2.27. The molecule has 0 unspecified atom stereocenters. The Kier molecular flexibility index (Phi) is 7.74. The molecule has 3 rings (SSSR count). The van der Waals surface area contributed by atoms with Crippen molar-refractivity contribution in [3.63, 3.8) is 0 Å². The van der Waals surface area contributed by atoms with Gasteiger partial charge in [0.05, 0.1) is 29.5 Å². The van der Waals surface area contributed by atoms with Crippen LogP contribution in [0.2, 0.25) is 0 Å². The van der Waals surface area contributed by atoms with E-state index < -0.39 is 5.97 Å². The van der Waals surface area contributed by atoms with Gasteiger partial charge in [0.1, 0.15) is 11.4 Å². The van der Waals surface area contributed by atoms with Gasteiger partial charge in [-0.1, -0.05) is 43.2 Å². The first-order valence-corrected chi connectivity index (χ1v) is 11.6. The molecule has 1 amide bonds. The first kappa shape index (κ1) is 23.6. The van der Waals surface area contributed by atoms with Gasteiger partial charge in [-0.15, -0.1) is 0 Å². The lowest BCUT2D eigenvalue weighted by Gasteiger charge is -2.20. The normalized spacial score (nSPS) is 11.0. The molecule has 3 aromatic rings. The van der Waals surface area contributed by atoms with Crippen LogP contribution in [0.5, 0.6) is 0 Å². The van der Waals surface area contributed by atoms with E-state index in [0.717, 1.165) is 36.2 Å². The number of aryl methyl sites for hydroxylation is 2. The number of hydrogen-bond acceptors (Lipinski definition) is 7. The number of carbonyl (C=O) groups is 2. The number of aromatic nitrogens is 3. The highest BCUT2D eigenvalue weighted by Gasteiger charge is 2.24. The minimum Gasteiger partial charge on any atom is -0.462 e. The number of esters is 1. The first-order chi connectivity index (χ1) is 15.4. The smallest absolute Gasteiger partial charge is 0.350 e. The van der Waals surface area contributed by atoms with Crippen LogP contribution in [0.15, 0.2) is 29.3 Å². The second-order valence-corrected chi connectivity index (χ2v) is 8.51. The highest BCUT2D eigenvalue weighted by molar-refractivity contribution is 7.17. The Morgan fingerprint density at radius 1 is 1.19 bits per heavy atom. The number of thiazole rings is 1. The highest BCUT2D eigenvalue weighted by atomic mass is 32.1. The number of nitrogens with zero attached hydrogens (tertiary/aromatic N) is 4. The van der Waals surface area contributed by atoms with Crippen LogP contribution >= 0.6 is 11.3 Å². The summed E-state index contributed by atoms with van der Waals surface area (Å²) in [6.45, 7) is 8.01. The van der Waals surface area contributed by atoms with Gasteiger partial charge < -0.3 is 4.74 Å². The Morgan fingerprint density at radius 3 is 2.69 bits per heavy atom. The molecule has 0 aliphatic carbocycles. The quantitative estimate of drug-likeness (QED) is 0.358. The molecule has 0 atom stereocenters. The van der Waals surface area contributed by atoms with Gasteiger partial charge >= 0.3 is 5.97 Å². The summed E-state index contributed by atoms with van der Waals surface area (Å²) in [7, 11) is 0. The summed E-state index contributed by atoms with van der Waals surface area (Å²) in [5.74, 6) is -0.721. The van der Waals surface area contributed by atoms with Gasteiger partial charge in [0.2, 0.25) is 5.91 Å². The molecule has 9 heteroatoms. The van der Waals surface area contributed by atoms with Gasteiger partial charge in [0.25, 0.3) is 5.56 Å². The summed E-state index contributed by atoms with van der Waals surface area (Å²) in [5, 5.41) is 0.914. The van der Waals surface area contributed by atoms with Gasteiger partial charge in [-0.05, 0) is 38.8 Å². The average molecular weight is 457 g/mol. The molecular formula is C23H28N4O4S. The van der Waals surface area contributed by atoms with Crippen molar-refractivity contribution in [2.24, 2.45) is 0 Å². The molecule has 0 saturated carbocycles. The second-order valence-electron chi connectivity index (χ2n) is 7.53. The summed E-state index contributed by atoms with van der Waals surface area (Å²) in [6, 6.07) is 5.42. The Balaban J connectivity index is 1.91. The molecule has 2 aromatic heterocycles. The van der Waals surface area contributed by atoms with Crippen molar-refractivity contribution < 1.29 is 14.3 Å². The maximum atomic E-state index is 13.3. The lowest BCUT2D eigenvalue weighted by molar-refractivity contribution is -0.119. The van der Waals surface area contributed by atoms with E-state index in [2.05, 4.69) is 16.9 Å². The molecule has 0 bridgehead atoms. The number of unbranched alkanes of at least 4 members (excludes halogenated alkanes) is 2. The van der Waals surface area contributed by atoms with Crippen molar-refractivity contribution in [3.8, 4) is 0 Å². The van der Waals surface area contributed by atoms with Gasteiger partial charge in [0, 0.05) is 6.54 Å².